The second kappa shape index (κ2) is 9.03. The number of halogens is 2. The van der Waals surface area contributed by atoms with E-state index in [1.165, 1.54) is 0 Å². The van der Waals surface area contributed by atoms with Crippen LogP contribution in [0.3, 0.4) is 0 Å². The van der Waals surface area contributed by atoms with Crippen LogP contribution in [0, 0.1) is 11.6 Å². The van der Waals surface area contributed by atoms with Crippen molar-refractivity contribution in [2.45, 2.75) is 25.8 Å². The fraction of sp³-hybridized carbons (Fsp3) is 0.364. The van der Waals surface area contributed by atoms with Crippen molar-refractivity contribution >= 4 is 17.5 Å². The molecule has 154 valence electrons. The average molecular weight is 401 g/mol. The van der Waals surface area contributed by atoms with Crippen molar-refractivity contribution < 1.29 is 18.4 Å². The maximum Gasteiger partial charge on any atom is 0.255 e. The van der Waals surface area contributed by atoms with Crippen LogP contribution in [0.4, 0.5) is 14.5 Å². The molecule has 2 amide bonds. The Hall–Kier alpha value is -2.96. The summed E-state index contributed by atoms with van der Waals surface area (Å²) in [5, 5.41) is 2.85. The first-order valence-electron chi connectivity index (χ1n) is 9.75. The first-order valence-corrected chi connectivity index (χ1v) is 9.75. The number of amides is 2. The Labute approximate surface area is 169 Å². The van der Waals surface area contributed by atoms with Gasteiger partial charge >= 0.3 is 0 Å². The van der Waals surface area contributed by atoms with Gasteiger partial charge in [-0.3, -0.25) is 9.59 Å². The Morgan fingerprint density at radius 3 is 2.34 bits per heavy atom. The Morgan fingerprint density at radius 2 is 1.72 bits per heavy atom. The SMILES string of the molecule is CCN(C)C(=O)c1ccccc1N1CCC(NC(=O)c2cc(F)cc(F)c2)CC1. The van der Waals surface area contributed by atoms with Gasteiger partial charge < -0.3 is 15.1 Å². The molecule has 0 bridgehead atoms. The molecular weight excluding hydrogens is 376 g/mol. The topological polar surface area (TPSA) is 52.7 Å². The minimum Gasteiger partial charge on any atom is -0.371 e. The fourth-order valence-electron chi connectivity index (χ4n) is 3.50. The number of piperidine rings is 1. The molecule has 1 N–H and O–H groups in total. The van der Waals surface area contributed by atoms with E-state index in [1.54, 1.807) is 11.9 Å². The number of nitrogens with zero attached hydrogens (tertiary/aromatic N) is 2. The van der Waals surface area contributed by atoms with Gasteiger partial charge in [0.2, 0.25) is 0 Å². The van der Waals surface area contributed by atoms with Crippen LogP contribution < -0.4 is 10.2 Å². The van der Waals surface area contributed by atoms with Gasteiger partial charge in [0.25, 0.3) is 11.8 Å². The maximum absolute atomic E-state index is 13.3. The molecule has 0 atom stereocenters. The first-order chi connectivity index (χ1) is 13.9. The van der Waals surface area contributed by atoms with Crippen LogP contribution in [0.1, 0.15) is 40.5 Å². The van der Waals surface area contributed by atoms with E-state index >= 15 is 0 Å². The van der Waals surface area contributed by atoms with Gasteiger partial charge in [-0.05, 0) is 44.0 Å². The molecule has 1 saturated heterocycles. The van der Waals surface area contributed by atoms with E-state index in [1.807, 2.05) is 31.2 Å². The third kappa shape index (κ3) is 4.91. The summed E-state index contributed by atoms with van der Waals surface area (Å²) in [5.74, 6) is -2.06. The zero-order valence-corrected chi connectivity index (χ0v) is 16.6. The number of para-hydroxylation sites is 1. The smallest absolute Gasteiger partial charge is 0.255 e. The summed E-state index contributed by atoms with van der Waals surface area (Å²) in [4.78, 5) is 28.8. The second-order valence-corrected chi connectivity index (χ2v) is 7.23. The van der Waals surface area contributed by atoms with Crippen LogP contribution in [0.2, 0.25) is 0 Å². The zero-order chi connectivity index (χ0) is 21.0. The summed E-state index contributed by atoms with van der Waals surface area (Å²) in [6.45, 7) is 3.90. The van der Waals surface area contributed by atoms with E-state index in [-0.39, 0.29) is 17.5 Å². The van der Waals surface area contributed by atoms with Crippen molar-refractivity contribution in [2.75, 3.05) is 31.6 Å². The number of hydrogen-bond acceptors (Lipinski definition) is 3. The Morgan fingerprint density at radius 1 is 1.10 bits per heavy atom. The molecule has 7 heteroatoms. The molecule has 0 saturated carbocycles. The van der Waals surface area contributed by atoms with Gasteiger partial charge in [0.05, 0.1) is 5.56 Å². The lowest BCUT2D eigenvalue weighted by Gasteiger charge is -2.35. The third-order valence-corrected chi connectivity index (χ3v) is 5.25. The Balaban J connectivity index is 1.64. The molecule has 0 spiro atoms. The van der Waals surface area contributed by atoms with Gasteiger partial charge in [-0.2, -0.15) is 0 Å². The van der Waals surface area contributed by atoms with Crippen LogP contribution in [0.5, 0.6) is 0 Å². The van der Waals surface area contributed by atoms with Crippen LogP contribution >= 0.6 is 0 Å². The predicted molar refractivity (Wildman–Crippen MR) is 108 cm³/mol. The van der Waals surface area contributed by atoms with Crippen LogP contribution in [0.25, 0.3) is 0 Å². The molecule has 1 aliphatic rings. The van der Waals surface area contributed by atoms with Crippen LogP contribution in [0.15, 0.2) is 42.5 Å². The van der Waals surface area contributed by atoms with Crippen molar-refractivity contribution in [1.82, 2.24) is 10.2 Å². The molecular formula is C22H25F2N3O2. The van der Waals surface area contributed by atoms with E-state index in [0.717, 1.165) is 23.9 Å². The number of carbonyl (C=O) groups is 2. The lowest BCUT2D eigenvalue weighted by molar-refractivity contribution is 0.0802. The van der Waals surface area contributed by atoms with Gasteiger partial charge in [-0.25, -0.2) is 8.78 Å². The lowest BCUT2D eigenvalue weighted by Crippen LogP contribution is -2.45. The van der Waals surface area contributed by atoms with Crippen molar-refractivity contribution in [3.63, 3.8) is 0 Å². The summed E-state index contributed by atoms with van der Waals surface area (Å²) in [5.41, 5.74) is 1.52. The van der Waals surface area contributed by atoms with E-state index in [0.29, 0.717) is 38.0 Å². The van der Waals surface area contributed by atoms with E-state index in [9.17, 15) is 18.4 Å². The number of anilines is 1. The van der Waals surface area contributed by atoms with Crippen LogP contribution in [-0.2, 0) is 0 Å². The normalized spacial score (nSPS) is 14.6. The average Bonchev–Trinajstić information content (AvgIpc) is 2.72. The molecule has 29 heavy (non-hydrogen) atoms. The van der Waals surface area contributed by atoms with Gasteiger partial charge in [-0.15, -0.1) is 0 Å². The van der Waals surface area contributed by atoms with Crippen molar-refractivity contribution in [3.8, 4) is 0 Å². The van der Waals surface area contributed by atoms with Crippen molar-refractivity contribution in [1.29, 1.82) is 0 Å². The molecule has 1 fully saturated rings. The monoisotopic (exact) mass is 401 g/mol. The number of nitrogens with one attached hydrogen (secondary N) is 1. The highest BCUT2D eigenvalue weighted by atomic mass is 19.1. The number of benzene rings is 2. The van der Waals surface area contributed by atoms with Crippen molar-refractivity contribution in [3.05, 3.63) is 65.2 Å². The third-order valence-electron chi connectivity index (χ3n) is 5.25. The highest BCUT2D eigenvalue weighted by Gasteiger charge is 2.25. The minimum atomic E-state index is -0.775. The molecule has 0 aliphatic carbocycles. The summed E-state index contributed by atoms with van der Waals surface area (Å²) >= 11 is 0. The number of hydrogen-bond donors (Lipinski definition) is 1. The Kier molecular flexibility index (Phi) is 6.46. The lowest BCUT2D eigenvalue weighted by atomic mass is 10.0. The summed E-state index contributed by atoms with van der Waals surface area (Å²) in [6, 6.07) is 10.2. The number of carbonyl (C=O) groups excluding carboxylic acids is 2. The summed E-state index contributed by atoms with van der Waals surface area (Å²) < 4.78 is 26.7. The number of rotatable bonds is 5. The predicted octanol–water partition coefficient (Wildman–Crippen LogP) is 3.46. The highest BCUT2D eigenvalue weighted by Crippen LogP contribution is 2.25. The molecule has 0 unspecified atom stereocenters. The standard InChI is InChI=1S/C22H25F2N3O2/c1-3-26(2)22(29)19-6-4-5-7-20(19)27-10-8-18(9-11-27)25-21(28)15-12-16(23)14-17(24)13-15/h4-7,12-14,18H,3,8-11H2,1-2H3,(H,25,28). The Bertz CT molecular complexity index is 875. The van der Waals surface area contributed by atoms with Crippen molar-refractivity contribution in [2.24, 2.45) is 0 Å². The second-order valence-electron chi connectivity index (χ2n) is 7.23. The molecule has 0 radical (unpaired) electrons. The van der Waals surface area contributed by atoms with E-state index in [2.05, 4.69) is 10.2 Å². The molecule has 2 aromatic rings. The minimum absolute atomic E-state index is 0.0216. The maximum atomic E-state index is 13.3. The zero-order valence-electron chi connectivity index (χ0n) is 16.6. The van der Waals surface area contributed by atoms with E-state index in [4.69, 9.17) is 0 Å². The molecule has 5 nitrogen and oxygen atoms in total. The first kappa shape index (κ1) is 20.8. The molecule has 2 aromatic carbocycles. The molecule has 3 rings (SSSR count). The van der Waals surface area contributed by atoms with Crippen LogP contribution in [-0.4, -0.2) is 49.4 Å². The van der Waals surface area contributed by atoms with Gasteiger partial charge in [0.1, 0.15) is 11.6 Å². The van der Waals surface area contributed by atoms with E-state index < -0.39 is 17.5 Å². The summed E-state index contributed by atoms with van der Waals surface area (Å²) in [6.07, 6.45) is 1.35. The quantitative estimate of drug-likeness (QED) is 0.835. The van der Waals surface area contributed by atoms with Gasteiger partial charge in [0, 0.05) is 50.0 Å². The molecule has 0 aromatic heterocycles. The van der Waals surface area contributed by atoms with Gasteiger partial charge in [0.15, 0.2) is 0 Å². The molecule has 1 aliphatic heterocycles. The fourth-order valence-corrected chi connectivity index (χ4v) is 3.50. The largest absolute Gasteiger partial charge is 0.371 e. The summed E-state index contributed by atoms with van der Waals surface area (Å²) in [7, 11) is 1.77. The molecule has 1 heterocycles. The highest BCUT2D eigenvalue weighted by molar-refractivity contribution is 5.99. The van der Waals surface area contributed by atoms with Gasteiger partial charge in [-0.1, -0.05) is 12.1 Å².